The van der Waals surface area contributed by atoms with Crippen molar-refractivity contribution >= 4 is 25.8 Å². The van der Waals surface area contributed by atoms with Crippen molar-refractivity contribution < 1.29 is 39.5 Å². The van der Waals surface area contributed by atoms with Gasteiger partial charge in [0.25, 0.3) is 0 Å². The fourth-order valence-electron chi connectivity index (χ4n) is 1.78. The Labute approximate surface area is 139 Å². The van der Waals surface area contributed by atoms with Crippen LogP contribution in [0.25, 0.3) is 0 Å². The summed E-state index contributed by atoms with van der Waals surface area (Å²) in [5.41, 5.74) is -2.73. The first-order chi connectivity index (χ1) is 10.9. The largest absolute Gasteiger partial charge is 0.435 e. The quantitative estimate of drug-likeness (QED) is 0.665. The van der Waals surface area contributed by atoms with E-state index < -0.39 is 50.7 Å². The van der Waals surface area contributed by atoms with Gasteiger partial charge in [-0.05, 0) is 15.9 Å². The molecule has 0 bridgehead atoms. The molecule has 0 aliphatic carbocycles. The Kier molecular flexibility index (Phi) is 4.90. The van der Waals surface area contributed by atoms with Gasteiger partial charge in [0.1, 0.15) is 0 Å². The third kappa shape index (κ3) is 3.85. The van der Waals surface area contributed by atoms with E-state index in [-0.39, 0.29) is 4.67 Å². The average molecular weight is 440 g/mol. The average Bonchev–Trinajstić information content (AvgIpc) is 2.96. The second kappa shape index (κ2) is 6.31. The molecule has 0 radical (unpaired) electrons. The van der Waals surface area contributed by atoms with Gasteiger partial charge >= 0.3 is 18.0 Å². The molecule has 0 aliphatic rings. The number of oxazole rings is 1. The van der Waals surface area contributed by atoms with Crippen LogP contribution >= 0.6 is 15.9 Å². The Morgan fingerprint density at radius 1 is 1.42 bits per heavy atom. The van der Waals surface area contributed by atoms with Crippen LogP contribution < -0.4 is 4.74 Å². The topological polar surface area (TPSA) is 87.2 Å². The van der Waals surface area contributed by atoms with Gasteiger partial charge in [0, 0.05) is 7.05 Å². The van der Waals surface area contributed by atoms with Crippen LogP contribution in [0.3, 0.4) is 0 Å². The molecule has 2 aromatic heterocycles. The molecule has 0 unspecified atom stereocenters. The summed E-state index contributed by atoms with van der Waals surface area (Å²) in [6, 6.07) is 0. The SMILES string of the molecule is Cn1nc(C(F)(F)F)c(CS(=O)(=O)c2ncc(Br)o2)c1OC(F)F. The van der Waals surface area contributed by atoms with Crippen LogP contribution in [-0.2, 0) is 28.8 Å². The van der Waals surface area contributed by atoms with Crippen LogP contribution in [0.5, 0.6) is 5.88 Å². The van der Waals surface area contributed by atoms with E-state index in [1.807, 2.05) is 0 Å². The molecule has 0 aliphatic heterocycles. The van der Waals surface area contributed by atoms with Crippen LogP contribution in [0.1, 0.15) is 11.3 Å². The molecule has 0 saturated heterocycles. The molecule has 0 saturated carbocycles. The number of halogens is 6. The third-order valence-electron chi connectivity index (χ3n) is 2.61. The summed E-state index contributed by atoms with van der Waals surface area (Å²) in [6.07, 6.45) is -4.11. The van der Waals surface area contributed by atoms with Crippen LogP contribution in [0.15, 0.2) is 20.5 Å². The fraction of sp³-hybridized carbons (Fsp3) is 0.400. The van der Waals surface area contributed by atoms with Gasteiger partial charge in [0.05, 0.1) is 17.5 Å². The number of nitrogens with zero attached hydrogens (tertiary/aromatic N) is 3. The number of ether oxygens (including phenoxy) is 1. The van der Waals surface area contributed by atoms with Crippen LogP contribution in [-0.4, -0.2) is 29.8 Å². The maximum Gasteiger partial charge on any atom is 0.435 e. The van der Waals surface area contributed by atoms with Gasteiger partial charge in [0.15, 0.2) is 10.4 Å². The van der Waals surface area contributed by atoms with Crippen molar-refractivity contribution in [1.82, 2.24) is 14.8 Å². The number of sulfone groups is 1. The highest BCUT2D eigenvalue weighted by Gasteiger charge is 2.42. The minimum atomic E-state index is -5.08. The molecule has 0 atom stereocenters. The summed E-state index contributed by atoms with van der Waals surface area (Å²) in [5.74, 6) is -2.36. The molecule has 0 N–H and O–H groups in total. The van der Waals surface area contributed by atoms with Crippen molar-refractivity contribution in [3.05, 3.63) is 22.1 Å². The molecule has 2 rings (SSSR count). The molecule has 14 heteroatoms. The van der Waals surface area contributed by atoms with E-state index >= 15 is 0 Å². The molecule has 0 amide bonds. The summed E-state index contributed by atoms with van der Waals surface area (Å²) in [4.78, 5) is 3.37. The number of aromatic nitrogens is 3. The molecular weight excluding hydrogens is 433 g/mol. The highest BCUT2D eigenvalue weighted by Crippen LogP contribution is 2.37. The number of alkyl halides is 5. The Bertz CT molecular complexity index is 845. The van der Waals surface area contributed by atoms with E-state index in [0.717, 1.165) is 13.2 Å². The van der Waals surface area contributed by atoms with Crippen LogP contribution in [0.2, 0.25) is 0 Å². The summed E-state index contributed by atoms with van der Waals surface area (Å²) in [7, 11) is -3.60. The van der Waals surface area contributed by atoms with E-state index in [4.69, 9.17) is 4.42 Å². The van der Waals surface area contributed by atoms with Gasteiger partial charge in [-0.2, -0.15) is 27.1 Å². The molecule has 7 nitrogen and oxygen atoms in total. The first-order valence-electron chi connectivity index (χ1n) is 5.84. The predicted octanol–water partition coefficient (Wildman–Crippen LogP) is 2.76. The highest BCUT2D eigenvalue weighted by atomic mass is 79.9. The van der Waals surface area contributed by atoms with Crippen molar-refractivity contribution in [2.75, 3.05) is 0 Å². The lowest BCUT2D eigenvalue weighted by molar-refractivity contribution is -0.142. The van der Waals surface area contributed by atoms with Gasteiger partial charge < -0.3 is 9.15 Å². The zero-order valence-electron chi connectivity index (χ0n) is 11.5. The predicted molar refractivity (Wildman–Crippen MR) is 69.9 cm³/mol. The Balaban J connectivity index is 2.55. The lowest BCUT2D eigenvalue weighted by Gasteiger charge is -2.09. The van der Waals surface area contributed by atoms with Gasteiger partial charge in [-0.25, -0.2) is 18.1 Å². The van der Waals surface area contributed by atoms with E-state index in [9.17, 15) is 30.4 Å². The van der Waals surface area contributed by atoms with Crippen molar-refractivity contribution in [2.45, 2.75) is 23.8 Å². The molecule has 24 heavy (non-hydrogen) atoms. The van der Waals surface area contributed by atoms with Gasteiger partial charge in [-0.1, -0.05) is 0 Å². The van der Waals surface area contributed by atoms with Crippen molar-refractivity contribution in [3.63, 3.8) is 0 Å². The van der Waals surface area contributed by atoms with Crippen molar-refractivity contribution in [1.29, 1.82) is 0 Å². The summed E-state index contributed by atoms with van der Waals surface area (Å²) in [5, 5.41) is 2.15. The van der Waals surface area contributed by atoms with E-state index in [1.165, 1.54) is 0 Å². The lowest BCUT2D eigenvalue weighted by atomic mass is 10.2. The van der Waals surface area contributed by atoms with E-state index in [2.05, 4.69) is 30.7 Å². The second-order valence-electron chi connectivity index (χ2n) is 4.32. The number of hydrogen-bond donors (Lipinski definition) is 0. The molecular formula is C10H7BrF5N3O4S. The fourth-order valence-corrected chi connectivity index (χ4v) is 3.33. The van der Waals surface area contributed by atoms with Crippen molar-refractivity contribution in [2.24, 2.45) is 7.05 Å². The smallest absolute Gasteiger partial charge is 0.421 e. The number of rotatable bonds is 5. The van der Waals surface area contributed by atoms with Crippen molar-refractivity contribution in [3.8, 4) is 5.88 Å². The molecule has 134 valence electrons. The molecule has 0 spiro atoms. The number of aryl methyl sites for hydroxylation is 1. The molecule has 2 heterocycles. The lowest BCUT2D eigenvalue weighted by Crippen LogP contribution is -2.14. The van der Waals surface area contributed by atoms with E-state index in [0.29, 0.717) is 4.68 Å². The zero-order valence-corrected chi connectivity index (χ0v) is 13.9. The van der Waals surface area contributed by atoms with Crippen LogP contribution in [0, 0.1) is 0 Å². The summed E-state index contributed by atoms with van der Waals surface area (Å²) < 4.78 is 97.0. The Morgan fingerprint density at radius 3 is 2.50 bits per heavy atom. The summed E-state index contributed by atoms with van der Waals surface area (Å²) in [6.45, 7) is -3.47. The molecule has 2 aromatic rings. The monoisotopic (exact) mass is 439 g/mol. The van der Waals surface area contributed by atoms with Crippen LogP contribution in [0.4, 0.5) is 22.0 Å². The van der Waals surface area contributed by atoms with Gasteiger partial charge in [0.2, 0.25) is 15.7 Å². The second-order valence-corrected chi connectivity index (χ2v) is 6.97. The normalized spacial score (nSPS) is 12.8. The maximum absolute atomic E-state index is 13.0. The minimum Gasteiger partial charge on any atom is -0.421 e. The number of hydrogen-bond acceptors (Lipinski definition) is 6. The third-order valence-corrected chi connectivity index (χ3v) is 4.37. The Hall–Kier alpha value is -1.70. The van der Waals surface area contributed by atoms with Gasteiger partial charge in [-0.3, -0.25) is 0 Å². The van der Waals surface area contributed by atoms with Gasteiger partial charge in [-0.15, -0.1) is 0 Å². The Morgan fingerprint density at radius 2 is 2.04 bits per heavy atom. The minimum absolute atomic E-state index is 0.0765. The maximum atomic E-state index is 13.0. The first-order valence-corrected chi connectivity index (χ1v) is 8.28. The molecule has 0 fully saturated rings. The standard InChI is InChI=1S/C10H7BrF5N3O4S/c1-19-7(23-8(12)13)4(6(18-19)10(14,15)16)3-24(20,21)9-17-2-5(11)22-9/h2,8H,3H2,1H3. The molecule has 0 aromatic carbocycles. The first kappa shape index (κ1) is 18.6. The highest BCUT2D eigenvalue weighted by molar-refractivity contribution is 9.10. The van der Waals surface area contributed by atoms with E-state index in [1.54, 1.807) is 0 Å². The zero-order chi connectivity index (χ0) is 18.3. The summed E-state index contributed by atoms with van der Waals surface area (Å²) >= 11 is 2.79.